The zero-order valence-corrected chi connectivity index (χ0v) is 8.54. The lowest BCUT2D eigenvalue weighted by atomic mass is 10.2. The van der Waals surface area contributed by atoms with E-state index in [0.717, 1.165) is 13.0 Å². The second-order valence-electron chi connectivity index (χ2n) is 3.17. The Balaban J connectivity index is 1.78. The SMILES string of the molecule is CNc1nnc(NCCc2cc[nH]c2)[nH]1. The molecule has 15 heavy (non-hydrogen) atoms. The van der Waals surface area contributed by atoms with Gasteiger partial charge in [0.25, 0.3) is 0 Å². The number of hydrogen-bond acceptors (Lipinski definition) is 4. The predicted octanol–water partition coefficient (Wildman–Crippen LogP) is 0.829. The quantitative estimate of drug-likeness (QED) is 0.584. The van der Waals surface area contributed by atoms with Crippen molar-refractivity contribution in [2.75, 3.05) is 24.2 Å². The van der Waals surface area contributed by atoms with Crippen LogP contribution in [0.3, 0.4) is 0 Å². The lowest BCUT2D eigenvalue weighted by molar-refractivity contribution is 0.986. The molecule has 0 aliphatic carbocycles. The number of nitrogens with zero attached hydrogens (tertiary/aromatic N) is 2. The van der Waals surface area contributed by atoms with Crippen LogP contribution in [0, 0.1) is 0 Å². The van der Waals surface area contributed by atoms with E-state index in [4.69, 9.17) is 0 Å². The van der Waals surface area contributed by atoms with E-state index < -0.39 is 0 Å². The third-order valence-electron chi connectivity index (χ3n) is 2.09. The highest BCUT2D eigenvalue weighted by Crippen LogP contribution is 2.03. The van der Waals surface area contributed by atoms with Crippen molar-refractivity contribution < 1.29 is 0 Å². The first-order chi connectivity index (χ1) is 7.38. The number of rotatable bonds is 5. The minimum atomic E-state index is 0.666. The zero-order chi connectivity index (χ0) is 10.5. The van der Waals surface area contributed by atoms with Crippen LogP contribution in [-0.4, -0.2) is 33.8 Å². The van der Waals surface area contributed by atoms with Gasteiger partial charge in [-0.25, -0.2) is 0 Å². The number of hydrogen-bond donors (Lipinski definition) is 4. The monoisotopic (exact) mass is 206 g/mol. The van der Waals surface area contributed by atoms with E-state index >= 15 is 0 Å². The molecular weight excluding hydrogens is 192 g/mol. The van der Waals surface area contributed by atoms with E-state index in [1.807, 2.05) is 12.4 Å². The molecule has 4 N–H and O–H groups in total. The average molecular weight is 206 g/mol. The van der Waals surface area contributed by atoms with Crippen molar-refractivity contribution in [2.24, 2.45) is 0 Å². The molecule has 0 fully saturated rings. The van der Waals surface area contributed by atoms with Crippen LogP contribution in [0.4, 0.5) is 11.9 Å². The van der Waals surface area contributed by atoms with Gasteiger partial charge >= 0.3 is 0 Å². The fourth-order valence-corrected chi connectivity index (χ4v) is 1.29. The number of H-pyrrole nitrogens is 2. The normalized spacial score (nSPS) is 10.2. The minimum absolute atomic E-state index is 0.666. The van der Waals surface area contributed by atoms with Crippen LogP contribution >= 0.6 is 0 Å². The van der Waals surface area contributed by atoms with Gasteiger partial charge in [-0.3, -0.25) is 4.98 Å². The van der Waals surface area contributed by atoms with Gasteiger partial charge < -0.3 is 15.6 Å². The molecule has 0 saturated heterocycles. The Morgan fingerprint density at radius 1 is 1.33 bits per heavy atom. The number of aromatic nitrogens is 4. The van der Waals surface area contributed by atoms with Gasteiger partial charge in [-0.2, -0.15) is 0 Å². The van der Waals surface area contributed by atoms with Crippen LogP contribution in [0.25, 0.3) is 0 Å². The van der Waals surface area contributed by atoms with Crippen LogP contribution in [0.1, 0.15) is 5.56 Å². The van der Waals surface area contributed by atoms with E-state index in [2.05, 4.69) is 36.9 Å². The summed E-state index contributed by atoms with van der Waals surface area (Å²) in [5, 5.41) is 13.8. The summed E-state index contributed by atoms with van der Waals surface area (Å²) in [5.74, 6) is 1.36. The van der Waals surface area contributed by atoms with E-state index in [9.17, 15) is 0 Å². The molecule has 0 bridgehead atoms. The summed E-state index contributed by atoms with van der Waals surface area (Å²) in [4.78, 5) is 6.01. The van der Waals surface area contributed by atoms with Crippen LogP contribution in [0.5, 0.6) is 0 Å². The maximum Gasteiger partial charge on any atom is 0.223 e. The lowest BCUT2D eigenvalue weighted by Gasteiger charge is -1.99. The topological polar surface area (TPSA) is 81.4 Å². The minimum Gasteiger partial charge on any atom is -0.367 e. The van der Waals surface area contributed by atoms with Crippen LogP contribution in [0.2, 0.25) is 0 Å². The predicted molar refractivity (Wildman–Crippen MR) is 58.9 cm³/mol. The maximum atomic E-state index is 3.92. The molecule has 6 nitrogen and oxygen atoms in total. The van der Waals surface area contributed by atoms with Gasteiger partial charge in [0.15, 0.2) is 0 Å². The average Bonchev–Trinajstić information content (AvgIpc) is 2.88. The Morgan fingerprint density at radius 2 is 2.20 bits per heavy atom. The van der Waals surface area contributed by atoms with Crippen LogP contribution < -0.4 is 10.6 Å². The van der Waals surface area contributed by atoms with Gasteiger partial charge in [0, 0.05) is 26.0 Å². The summed E-state index contributed by atoms with van der Waals surface area (Å²) in [7, 11) is 1.80. The van der Waals surface area contributed by atoms with Gasteiger partial charge in [0.05, 0.1) is 0 Å². The Labute approximate surface area is 87.5 Å². The van der Waals surface area contributed by atoms with Gasteiger partial charge in [0.1, 0.15) is 0 Å². The van der Waals surface area contributed by atoms with E-state index in [0.29, 0.717) is 11.9 Å². The van der Waals surface area contributed by atoms with Crippen molar-refractivity contribution >= 4 is 11.9 Å². The van der Waals surface area contributed by atoms with Crippen molar-refractivity contribution in [2.45, 2.75) is 6.42 Å². The fourth-order valence-electron chi connectivity index (χ4n) is 1.29. The highest BCUT2D eigenvalue weighted by Gasteiger charge is 1.99. The molecule has 0 amide bonds. The summed E-state index contributed by atoms with van der Waals surface area (Å²) < 4.78 is 0. The van der Waals surface area contributed by atoms with Gasteiger partial charge in [-0.1, -0.05) is 0 Å². The van der Waals surface area contributed by atoms with E-state index in [-0.39, 0.29) is 0 Å². The lowest BCUT2D eigenvalue weighted by Crippen LogP contribution is -2.05. The molecule has 0 saturated carbocycles. The molecule has 6 heteroatoms. The van der Waals surface area contributed by atoms with Crippen molar-refractivity contribution in [1.29, 1.82) is 0 Å². The third kappa shape index (κ3) is 2.49. The second-order valence-corrected chi connectivity index (χ2v) is 3.17. The first-order valence-electron chi connectivity index (χ1n) is 4.84. The molecule has 2 heterocycles. The maximum absolute atomic E-state index is 3.92. The summed E-state index contributed by atoms with van der Waals surface area (Å²) in [6.45, 7) is 0.830. The summed E-state index contributed by atoms with van der Waals surface area (Å²) in [6.07, 6.45) is 4.86. The molecule has 0 aromatic carbocycles. The van der Waals surface area contributed by atoms with Crippen molar-refractivity contribution in [1.82, 2.24) is 20.2 Å². The second kappa shape index (κ2) is 4.50. The summed E-state index contributed by atoms with van der Waals surface area (Å²) >= 11 is 0. The molecule has 0 atom stereocenters. The molecule has 2 aromatic heterocycles. The summed E-state index contributed by atoms with van der Waals surface area (Å²) in [5.41, 5.74) is 1.27. The van der Waals surface area contributed by atoms with Crippen LogP contribution in [0.15, 0.2) is 18.5 Å². The summed E-state index contributed by atoms with van der Waals surface area (Å²) in [6, 6.07) is 2.06. The van der Waals surface area contributed by atoms with Gasteiger partial charge in [-0.05, 0) is 18.1 Å². The highest BCUT2D eigenvalue weighted by molar-refractivity contribution is 5.32. The first-order valence-corrected chi connectivity index (χ1v) is 4.84. The fraction of sp³-hybridized carbons (Fsp3) is 0.333. The third-order valence-corrected chi connectivity index (χ3v) is 2.09. The highest BCUT2D eigenvalue weighted by atomic mass is 15.3. The van der Waals surface area contributed by atoms with E-state index in [1.54, 1.807) is 7.05 Å². The molecule has 80 valence electrons. The molecule has 2 aromatic rings. The molecule has 0 unspecified atom stereocenters. The Hall–Kier alpha value is -1.98. The Bertz CT molecular complexity index is 390. The Kier molecular flexibility index (Phi) is 2.87. The molecule has 2 rings (SSSR count). The van der Waals surface area contributed by atoms with Crippen molar-refractivity contribution in [3.63, 3.8) is 0 Å². The van der Waals surface area contributed by atoms with Crippen LogP contribution in [-0.2, 0) is 6.42 Å². The number of nitrogens with one attached hydrogen (secondary N) is 4. The molecule has 0 aliphatic heterocycles. The first kappa shape index (κ1) is 9.57. The van der Waals surface area contributed by atoms with Crippen molar-refractivity contribution in [3.05, 3.63) is 24.0 Å². The molecule has 0 radical (unpaired) electrons. The number of anilines is 2. The largest absolute Gasteiger partial charge is 0.367 e. The Morgan fingerprint density at radius 3 is 2.87 bits per heavy atom. The van der Waals surface area contributed by atoms with Gasteiger partial charge in [-0.15, -0.1) is 10.2 Å². The zero-order valence-electron chi connectivity index (χ0n) is 8.54. The smallest absolute Gasteiger partial charge is 0.223 e. The number of aromatic amines is 2. The molecule has 0 spiro atoms. The van der Waals surface area contributed by atoms with E-state index in [1.165, 1.54) is 5.56 Å². The van der Waals surface area contributed by atoms with Gasteiger partial charge in [0.2, 0.25) is 11.9 Å². The standard InChI is InChI=1S/C9H14N6/c1-10-8-13-9(15-14-8)12-5-3-7-2-4-11-6-7/h2,4,6,11H,3,5H2,1H3,(H3,10,12,13,14,15). The molecule has 0 aliphatic rings. The molecular formula is C9H14N6. The van der Waals surface area contributed by atoms with Crippen molar-refractivity contribution in [3.8, 4) is 0 Å².